The van der Waals surface area contributed by atoms with Gasteiger partial charge in [0, 0.05) is 0 Å². The molecule has 1 aliphatic heterocycles. The number of hydrogen-bond acceptors (Lipinski definition) is 5. The summed E-state index contributed by atoms with van der Waals surface area (Å²) in [5.41, 5.74) is 0.936. The van der Waals surface area contributed by atoms with Gasteiger partial charge in [-0.2, -0.15) is 0 Å². The van der Waals surface area contributed by atoms with E-state index in [1.807, 2.05) is 0 Å². The van der Waals surface area contributed by atoms with Crippen LogP contribution < -0.4 is 14.3 Å². The van der Waals surface area contributed by atoms with Crippen molar-refractivity contribution in [2.24, 2.45) is 0 Å². The first-order valence-corrected chi connectivity index (χ1v) is 10.4. The molecule has 0 saturated carbocycles. The van der Waals surface area contributed by atoms with E-state index in [-0.39, 0.29) is 11.3 Å². The third-order valence-electron chi connectivity index (χ3n) is 4.38. The smallest absolute Gasteiger partial charge is 0.453 e. The van der Waals surface area contributed by atoms with Gasteiger partial charge in [-0.25, -0.2) is 14.0 Å². The maximum absolute atomic E-state index is 14.0. The quantitative estimate of drug-likeness (QED) is 0.496. The first-order chi connectivity index (χ1) is 14.0. The van der Waals surface area contributed by atoms with E-state index in [9.17, 15) is 14.2 Å². The Labute approximate surface area is 167 Å². The highest BCUT2D eigenvalue weighted by atomic mass is 31.2. The number of benzene rings is 3. The van der Waals surface area contributed by atoms with Crippen LogP contribution in [0.3, 0.4) is 0 Å². The lowest BCUT2D eigenvalue weighted by molar-refractivity contribution is 0.0602. The van der Waals surface area contributed by atoms with E-state index < -0.39 is 19.5 Å². The molecule has 7 nitrogen and oxygen atoms in total. The monoisotopic (exact) mass is 408 g/mol. The molecule has 0 aromatic heterocycles. The number of nitrogens with one attached hydrogen (secondary N) is 1. The van der Waals surface area contributed by atoms with Crippen molar-refractivity contribution >= 4 is 30.9 Å². The number of nitrogens with zero attached hydrogens (tertiary/aromatic N) is 1. The van der Waals surface area contributed by atoms with E-state index in [1.54, 1.807) is 66.7 Å². The molecule has 0 bridgehead atoms. The van der Waals surface area contributed by atoms with Crippen molar-refractivity contribution in [3.63, 3.8) is 0 Å². The fourth-order valence-electron chi connectivity index (χ4n) is 3.08. The predicted octanol–water partition coefficient (Wildman–Crippen LogP) is 4.73. The van der Waals surface area contributed by atoms with Crippen LogP contribution in [0.15, 0.2) is 78.9 Å². The predicted molar refractivity (Wildman–Crippen MR) is 109 cm³/mol. The third kappa shape index (κ3) is 3.37. The highest BCUT2D eigenvalue weighted by molar-refractivity contribution is 7.64. The number of methoxy groups -OCH3 is 1. The molecule has 0 saturated heterocycles. The van der Waals surface area contributed by atoms with Crippen LogP contribution in [0.5, 0.6) is 5.75 Å². The van der Waals surface area contributed by atoms with Crippen LogP contribution in [0.25, 0.3) is 0 Å². The number of fused-ring (bicyclic) bond motifs is 1. The van der Waals surface area contributed by atoms with Crippen LogP contribution in [-0.4, -0.2) is 19.0 Å². The van der Waals surface area contributed by atoms with Crippen molar-refractivity contribution in [3.8, 4) is 5.75 Å². The Morgan fingerprint density at radius 1 is 0.931 bits per heavy atom. The summed E-state index contributed by atoms with van der Waals surface area (Å²) < 4.78 is 25.6. The Morgan fingerprint density at radius 3 is 2.34 bits per heavy atom. The molecule has 0 unspecified atom stereocenters. The van der Waals surface area contributed by atoms with E-state index in [2.05, 4.69) is 5.09 Å². The van der Waals surface area contributed by atoms with Gasteiger partial charge in [-0.15, -0.1) is 0 Å². The van der Waals surface area contributed by atoms with Crippen LogP contribution in [0.4, 0.5) is 11.4 Å². The zero-order valence-corrected chi connectivity index (χ0v) is 16.3. The van der Waals surface area contributed by atoms with Crippen molar-refractivity contribution in [3.05, 3.63) is 90.0 Å². The number of carbonyl (C=O) groups is 2. The topological polar surface area (TPSA) is 84.9 Å². The normalized spacial score (nSPS) is 17.8. The second kappa shape index (κ2) is 7.45. The summed E-state index contributed by atoms with van der Waals surface area (Å²) in [6.45, 7) is 0. The van der Waals surface area contributed by atoms with Gasteiger partial charge >= 0.3 is 13.6 Å². The Morgan fingerprint density at radius 2 is 1.59 bits per heavy atom. The van der Waals surface area contributed by atoms with Gasteiger partial charge in [0.25, 0.3) is 5.91 Å². The maximum Gasteiger partial charge on any atom is 0.453 e. The molecule has 1 aliphatic rings. The van der Waals surface area contributed by atoms with Crippen LogP contribution >= 0.6 is 7.67 Å². The average Bonchev–Trinajstić information content (AvgIpc) is 2.74. The SMILES string of the molecule is COC(=O)c1ccccc1N1C(=O)c2ccccc2N[P@@]1(=O)Oc1ccccc1. The Hall–Kier alpha value is -3.57. The number of esters is 1. The molecule has 3 aromatic rings. The van der Waals surface area contributed by atoms with Gasteiger partial charge in [-0.1, -0.05) is 42.5 Å². The van der Waals surface area contributed by atoms with E-state index in [1.165, 1.54) is 19.2 Å². The largest absolute Gasteiger partial charge is 0.465 e. The minimum atomic E-state index is -4.01. The molecule has 0 spiro atoms. The number of para-hydroxylation sites is 3. The molecule has 1 atom stereocenters. The molecule has 29 heavy (non-hydrogen) atoms. The first-order valence-electron chi connectivity index (χ1n) is 8.78. The molecule has 146 valence electrons. The minimum Gasteiger partial charge on any atom is -0.465 e. The van der Waals surface area contributed by atoms with Crippen molar-refractivity contribution in [1.82, 2.24) is 0 Å². The average molecular weight is 408 g/mol. The number of rotatable bonds is 4. The second-order valence-electron chi connectivity index (χ2n) is 6.21. The van der Waals surface area contributed by atoms with Crippen LogP contribution in [0, 0.1) is 0 Å². The van der Waals surface area contributed by atoms with Crippen molar-refractivity contribution in [2.75, 3.05) is 16.9 Å². The van der Waals surface area contributed by atoms with E-state index in [0.29, 0.717) is 17.0 Å². The number of carbonyl (C=O) groups excluding carboxylic acids is 2. The van der Waals surface area contributed by atoms with Crippen molar-refractivity contribution in [1.29, 1.82) is 0 Å². The Kier molecular flexibility index (Phi) is 4.82. The molecule has 1 N–H and O–H groups in total. The summed E-state index contributed by atoms with van der Waals surface area (Å²) in [6.07, 6.45) is 0. The molecule has 0 radical (unpaired) electrons. The molecular formula is C21H17N2O5P. The Bertz CT molecular complexity index is 1130. The summed E-state index contributed by atoms with van der Waals surface area (Å²) in [4.78, 5) is 25.7. The molecule has 4 rings (SSSR count). The van der Waals surface area contributed by atoms with Crippen molar-refractivity contribution < 1.29 is 23.4 Å². The van der Waals surface area contributed by atoms with Gasteiger partial charge in [-0.3, -0.25) is 9.88 Å². The van der Waals surface area contributed by atoms with Gasteiger partial charge in [0.2, 0.25) is 0 Å². The van der Waals surface area contributed by atoms with Gasteiger partial charge in [0.15, 0.2) is 0 Å². The fourth-order valence-corrected chi connectivity index (χ4v) is 5.02. The minimum absolute atomic E-state index is 0.0985. The lowest BCUT2D eigenvalue weighted by Crippen LogP contribution is -2.38. The number of amides is 1. The fraction of sp³-hybridized carbons (Fsp3) is 0.0476. The number of anilines is 2. The van der Waals surface area contributed by atoms with Crippen LogP contribution in [0.1, 0.15) is 20.7 Å². The van der Waals surface area contributed by atoms with Crippen LogP contribution in [0.2, 0.25) is 0 Å². The standard InChI is InChI=1S/C21H17N2O5P/c1-27-21(25)17-12-6-8-14-19(17)23-20(24)16-11-5-7-13-18(16)22-29(23,26)28-15-9-3-2-4-10-15/h2-14H,1H3,(H,22,26)/t29-/m1/s1. The lowest BCUT2D eigenvalue weighted by Gasteiger charge is -2.36. The molecule has 1 amide bonds. The lowest BCUT2D eigenvalue weighted by atomic mass is 10.1. The number of ether oxygens (including phenoxy) is 1. The van der Waals surface area contributed by atoms with E-state index >= 15 is 0 Å². The summed E-state index contributed by atoms with van der Waals surface area (Å²) >= 11 is 0. The van der Waals surface area contributed by atoms with E-state index in [4.69, 9.17) is 9.26 Å². The molecule has 8 heteroatoms. The summed E-state index contributed by atoms with van der Waals surface area (Å²) in [5, 5.41) is 2.87. The van der Waals surface area contributed by atoms with E-state index in [0.717, 1.165) is 4.67 Å². The highest BCUT2D eigenvalue weighted by Gasteiger charge is 2.46. The molecule has 3 aromatic carbocycles. The summed E-state index contributed by atoms with van der Waals surface area (Å²) in [5.74, 6) is -0.885. The summed E-state index contributed by atoms with van der Waals surface area (Å²) in [6, 6.07) is 21.5. The first kappa shape index (κ1) is 18.8. The van der Waals surface area contributed by atoms with Crippen molar-refractivity contribution in [2.45, 2.75) is 0 Å². The highest BCUT2D eigenvalue weighted by Crippen LogP contribution is 2.57. The maximum atomic E-state index is 14.0. The molecule has 0 aliphatic carbocycles. The molecular weight excluding hydrogens is 391 g/mol. The van der Waals surface area contributed by atoms with Gasteiger partial charge in [0.1, 0.15) is 5.75 Å². The van der Waals surface area contributed by atoms with Gasteiger partial charge < -0.3 is 9.26 Å². The second-order valence-corrected chi connectivity index (χ2v) is 8.05. The number of hydrogen-bond donors (Lipinski definition) is 1. The summed E-state index contributed by atoms with van der Waals surface area (Å²) in [7, 11) is -2.77. The Balaban J connectivity index is 1.90. The molecule has 1 heterocycles. The zero-order chi connectivity index (χ0) is 20.4. The van der Waals surface area contributed by atoms with Gasteiger partial charge in [-0.05, 0) is 36.4 Å². The zero-order valence-electron chi connectivity index (χ0n) is 15.4. The third-order valence-corrected chi connectivity index (χ3v) is 6.29. The molecule has 0 fully saturated rings. The van der Waals surface area contributed by atoms with Crippen LogP contribution in [-0.2, 0) is 9.30 Å². The van der Waals surface area contributed by atoms with Gasteiger partial charge in [0.05, 0.1) is 29.6 Å².